The van der Waals surface area contributed by atoms with Gasteiger partial charge in [0.1, 0.15) is 0 Å². The fraction of sp³-hybridized carbons (Fsp3) is 0.556. The summed E-state index contributed by atoms with van der Waals surface area (Å²) in [6.07, 6.45) is -0.627. The highest BCUT2D eigenvalue weighted by molar-refractivity contribution is 5.58. The van der Waals surface area contributed by atoms with E-state index in [-0.39, 0.29) is 12.4 Å². The third kappa shape index (κ3) is 1.68. The summed E-state index contributed by atoms with van der Waals surface area (Å²) in [6.45, 7) is 2.39. The molecule has 0 saturated heterocycles. The average Bonchev–Trinajstić information content (AvgIpc) is 2.56. The Labute approximate surface area is 101 Å². The minimum atomic E-state index is -1.000. The van der Waals surface area contributed by atoms with Crippen LogP contribution in [0.1, 0.15) is 13.2 Å². The van der Waals surface area contributed by atoms with Crippen LogP contribution < -0.4 is 16.1 Å². The van der Waals surface area contributed by atoms with Crippen molar-refractivity contribution in [1.82, 2.24) is 9.55 Å². The van der Waals surface area contributed by atoms with Crippen molar-refractivity contribution >= 4 is 11.5 Å². The summed E-state index contributed by atoms with van der Waals surface area (Å²) in [5, 5.41) is 10.9. The number of likely N-dealkylation sites (N-methyl/N-ethyl adjacent to an activating group) is 1. The molecule has 1 aromatic heterocycles. The van der Waals surface area contributed by atoms with Gasteiger partial charge in [-0.05, 0) is 6.92 Å². The van der Waals surface area contributed by atoms with E-state index >= 15 is 0 Å². The van der Waals surface area contributed by atoms with Gasteiger partial charge >= 0.3 is 16.9 Å². The van der Waals surface area contributed by atoms with Gasteiger partial charge in [0.05, 0.1) is 11.5 Å². The zero-order valence-corrected chi connectivity index (χ0v) is 9.87. The fourth-order valence-corrected chi connectivity index (χ4v) is 2.05. The monoisotopic (exact) mass is 256 g/mol. The van der Waals surface area contributed by atoms with Gasteiger partial charge in [0.15, 0.2) is 6.23 Å². The van der Waals surface area contributed by atoms with E-state index in [2.05, 4.69) is 0 Å². The van der Waals surface area contributed by atoms with Crippen molar-refractivity contribution in [2.24, 2.45) is 0 Å². The Balaban J connectivity index is 2.74. The highest BCUT2D eigenvalue weighted by Gasteiger charge is 2.36. The minimum Gasteiger partial charge on any atom is -0.356 e. The molecular formula is C9H12N4O5. The average molecular weight is 256 g/mol. The molecule has 98 valence electrons. The molecule has 0 aliphatic carbocycles. The van der Waals surface area contributed by atoms with E-state index in [1.807, 2.05) is 4.98 Å². The molecule has 0 unspecified atom stereocenters. The van der Waals surface area contributed by atoms with Gasteiger partial charge in [-0.3, -0.25) is 19.9 Å². The Bertz CT molecular complexity index is 604. The second-order valence-electron chi connectivity index (χ2n) is 3.85. The minimum absolute atomic E-state index is 0.0211. The number of nitrogens with zero attached hydrogens (tertiary/aromatic N) is 3. The normalized spacial score (nSPS) is 17.9. The number of fused-ring (bicyclic) bond motifs is 1. The van der Waals surface area contributed by atoms with Crippen molar-refractivity contribution in [3.63, 3.8) is 0 Å². The van der Waals surface area contributed by atoms with Crippen molar-refractivity contribution in [1.29, 1.82) is 0 Å². The lowest BCUT2D eigenvalue weighted by atomic mass is 10.4. The molecule has 2 heterocycles. The van der Waals surface area contributed by atoms with Crippen molar-refractivity contribution < 1.29 is 9.66 Å². The van der Waals surface area contributed by atoms with Crippen molar-refractivity contribution in [2.45, 2.75) is 13.2 Å². The maximum atomic E-state index is 11.7. The number of anilines is 1. The standard InChI is InChI=1S/C9H12N4O5/c1-3-18-5-4-11(2)8-6(13(16)17)7(14)10-9(15)12(5)8/h5H,3-4H2,1-2H3,(H,10,14,15)/t5-/m0/s1. The Kier molecular flexibility index (Phi) is 2.91. The molecule has 0 saturated carbocycles. The molecule has 0 spiro atoms. The van der Waals surface area contributed by atoms with Crippen LogP contribution in [0.2, 0.25) is 0 Å². The Hall–Kier alpha value is -2.16. The van der Waals surface area contributed by atoms with E-state index in [1.54, 1.807) is 14.0 Å². The number of rotatable bonds is 3. The zero-order valence-electron chi connectivity index (χ0n) is 9.87. The third-order valence-electron chi connectivity index (χ3n) is 2.72. The second kappa shape index (κ2) is 4.26. The number of hydrogen-bond donors (Lipinski definition) is 1. The first kappa shape index (κ1) is 12.3. The molecular weight excluding hydrogens is 244 g/mol. The van der Waals surface area contributed by atoms with Crippen LogP contribution in [-0.2, 0) is 4.74 Å². The topological polar surface area (TPSA) is 110 Å². The summed E-state index contributed by atoms with van der Waals surface area (Å²) in [4.78, 5) is 36.7. The maximum Gasteiger partial charge on any atom is 0.374 e. The Morgan fingerprint density at radius 1 is 1.56 bits per heavy atom. The van der Waals surface area contributed by atoms with Crippen molar-refractivity contribution in [3.05, 3.63) is 31.0 Å². The van der Waals surface area contributed by atoms with Crippen LogP contribution in [0.25, 0.3) is 0 Å². The van der Waals surface area contributed by atoms with E-state index < -0.39 is 28.1 Å². The number of aromatic nitrogens is 2. The lowest BCUT2D eigenvalue weighted by Gasteiger charge is -2.11. The molecule has 1 aliphatic rings. The van der Waals surface area contributed by atoms with Crippen molar-refractivity contribution in [3.8, 4) is 0 Å². The summed E-state index contributed by atoms with van der Waals surface area (Å²) < 4.78 is 6.43. The summed E-state index contributed by atoms with van der Waals surface area (Å²) in [6, 6.07) is 0. The summed E-state index contributed by atoms with van der Waals surface area (Å²) in [5.41, 5.74) is -2.34. The molecule has 1 N–H and O–H groups in total. The molecule has 1 aromatic rings. The van der Waals surface area contributed by atoms with E-state index in [9.17, 15) is 19.7 Å². The first-order valence-electron chi connectivity index (χ1n) is 5.33. The smallest absolute Gasteiger partial charge is 0.356 e. The predicted molar refractivity (Wildman–Crippen MR) is 61.9 cm³/mol. The number of ether oxygens (including phenoxy) is 1. The van der Waals surface area contributed by atoms with Crippen LogP contribution >= 0.6 is 0 Å². The van der Waals surface area contributed by atoms with Gasteiger partial charge in [0.2, 0.25) is 5.82 Å². The van der Waals surface area contributed by atoms with Gasteiger partial charge in [-0.25, -0.2) is 9.36 Å². The van der Waals surface area contributed by atoms with Crippen LogP contribution in [0.5, 0.6) is 0 Å². The van der Waals surface area contributed by atoms with E-state index in [1.165, 1.54) is 4.90 Å². The van der Waals surface area contributed by atoms with Gasteiger partial charge in [0, 0.05) is 13.7 Å². The van der Waals surface area contributed by atoms with E-state index in [0.29, 0.717) is 6.61 Å². The van der Waals surface area contributed by atoms with Crippen LogP contribution in [0.15, 0.2) is 9.59 Å². The number of hydrogen-bond acceptors (Lipinski definition) is 6. The van der Waals surface area contributed by atoms with Gasteiger partial charge < -0.3 is 9.64 Å². The first-order valence-corrected chi connectivity index (χ1v) is 5.33. The van der Waals surface area contributed by atoms with Crippen LogP contribution in [0, 0.1) is 10.1 Å². The largest absolute Gasteiger partial charge is 0.374 e. The SMILES string of the molecule is CCO[C@H]1CN(C)c2c([N+](=O)[O-])c(=O)[nH]c(=O)n21. The van der Waals surface area contributed by atoms with Gasteiger partial charge in [-0.1, -0.05) is 0 Å². The maximum absolute atomic E-state index is 11.7. The second-order valence-corrected chi connectivity index (χ2v) is 3.85. The molecule has 0 aromatic carbocycles. The Morgan fingerprint density at radius 3 is 2.78 bits per heavy atom. The Morgan fingerprint density at radius 2 is 2.22 bits per heavy atom. The highest BCUT2D eigenvalue weighted by atomic mass is 16.6. The molecule has 1 atom stereocenters. The molecule has 0 radical (unpaired) electrons. The summed E-state index contributed by atoms with van der Waals surface area (Å²) in [7, 11) is 1.57. The number of nitro groups is 1. The van der Waals surface area contributed by atoms with Crippen molar-refractivity contribution in [2.75, 3.05) is 25.1 Å². The zero-order chi connectivity index (χ0) is 13.4. The lowest BCUT2D eigenvalue weighted by molar-refractivity contribution is -0.385. The third-order valence-corrected chi connectivity index (χ3v) is 2.72. The summed E-state index contributed by atoms with van der Waals surface area (Å²) in [5.74, 6) is -0.0211. The number of nitrogens with one attached hydrogen (secondary N) is 1. The lowest BCUT2D eigenvalue weighted by Crippen LogP contribution is -2.33. The molecule has 18 heavy (non-hydrogen) atoms. The van der Waals surface area contributed by atoms with Crippen LogP contribution in [0.3, 0.4) is 0 Å². The fourth-order valence-electron chi connectivity index (χ4n) is 2.05. The van der Waals surface area contributed by atoms with Gasteiger partial charge in [-0.15, -0.1) is 0 Å². The summed E-state index contributed by atoms with van der Waals surface area (Å²) >= 11 is 0. The van der Waals surface area contributed by atoms with Crippen LogP contribution in [0.4, 0.5) is 11.5 Å². The number of H-pyrrole nitrogens is 1. The highest BCUT2D eigenvalue weighted by Crippen LogP contribution is 2.31. The van der Waals surface area contributed by atoms with Gasteiger partial charge in [0.25, 0.3) is 0 Å². The molecule has 1 aliphatic heterocycles. The quantitative estimate of drug-likeness (QED) is 0.572. The predicted octanol–water partition coefficient (Wildman–Crippen LogP) is -0.570. The molecule has 0 bridgehead atoms. The van der Waals surface area contributed by atoms with Crippen LogP contribution in [-0.4, -0.2) is 34.7 Å². The molecule has 9 nitrogen and oxygen atoms in total. The molecule has 2 rings (SSSR count). The van der Waals surface area contributed by atoms with E-state index in [0.717, 1.165) is 4.57 Å². The number of aromatic amines is 1. The molecule has 0 fully saturated rings. The molecule has 9 heteroatoms. The molecule has 0 amide bonds. The van der Waals surface area contributed by atoms with Gasteiger partial charge in [-0.2, -0.15) is 0 Å². The first-order chi connectivity index (χ1) is 8.47. The van der Waals surface area contributed by atoms with E-state index in [4.69, 9.17) is 4.74 Å².